The number of carboxylic acid groups (broad SMARTS) is 1. The minimum atomic E-state index is -0.980. The van der Waals surface area contributed by atoms with E-state index in [2.05, 4.69) is 28.4 Å². The molecule has 1 heterocycles. The topological polar surface area (TPSA) is 69.6 Å². The van der Waals surface area contributed by atoms with Crippen LogP contribution in [-0.2, 0) is 16.0 Å². The fourth-order valence-electron chi connectivity index (χ4n) is 2.77. The molecule has 5 nitrogen and oxygen atoms in total. The Kier molecular flexibility index (Phi) is 5.49. The van der Waals surface area contributed by atoms with Gasteiger partial charge in [-0.05, 0) is 41.8 Å². The summed E-state index contributed by atoms with van der Waals surface area (Å²) in [5, 5.41) is 11.4. The molecule has 1 amide bonds. The van der Waals surface area contributed by atoms with Crippen molar-refractivity contribution in [1.82, 2.24) is 0 Å². The van der Waals surface area contributed by atoms with Crippen molar-refractivity contribution < 1.29 is 14.7 Å². The highest BCUT2D eigenvalue weighted by molar-refractivity contribution is 5.92. The van der Waals surface area contributed by atoms with Crippen molar-refractivity contribution in [3.05, 3.63) is 78.1 Å². The molecular weight excluding hydrogens is 328 g/mol. The van der Waals surface area contributed by atoms with E-state index in [-0.39, 0.29) is 18.7 Å². The normalized spacial score (nSPS) is 12.8. The van der Waals surface area contributed by atoms with Gasteiger partial charge in [0.1, 0.15) is 0 Å². The predicted octanol–water partition coefficient (Wildman–Crippen LogP) is 4.04. The van der Waals surface area contributed by atoms with E-state index in [9.17, 15) is 9.59 Å². The van der Waals surface area contributed by atoms with Gasteiger partial charge < -0.3 is 15.3 Å². The van der Waals surface area contributed by atoms with Crippen molar-refractivity contribution in [3.8, 4) is 0 Å². The number of carboxylic acids is 1. The van der Waals surface area contributed by atoms with Gasteiger partial charge in [0.2, 0.25) is 5.91 Å². The lowest BCUT2D eigenvalue weighted by molar-refractivity contribution is -0.138. The lowest BCUT2D eigenvalue weighted by Crippen LogP contribution is -2.13. The number of fused-ring (bicyclic) bond motifs is 1. The van der Waals surface area contributed by atoms with Crippen LogP contribution in [0.15, 0.2) is 67.0 Å². The highest BCUT2D eigenvalue weighted by atomic mass is 16.4. The van der Waals surface area contributed by atoms with Crippen LogP contribution in [0.5, 0.6) is 0 Å². The molecule has 0 saturated carbocycles. The maximum atomic E-state index is 11.8. The van der Waals surface area contributed by atoms with Crippen molar-refractivity contribution in [3.63, 3.8) is 0 Å². The van der Waals surface area contributed by atoms with Crippen molar-refractivity contribution in [2.24, 2.45) is 0 Å². The second-order valence-electron chi connectivity index (χ2n) is 6.01. The molecule has 0 unspecified atom stereocenters. The summed E-state index contributed by atoms with van der Waals surface area (Å²) in [7, 11) is 0. The lowest BCUT2D eigenvalue weighted by atomic mass is 10.1. The van der Waals surface area contributed by atoms with E-state index < -0.39 is 5.97 Å². The summed E-state index contributed by atoms with van der Waals surface area (Å²) in [6, 6.07) is 15.7. The number of carbonyl (C=O) groups is 2. The van der Waals surface area contributed by atoms with Crippen LogP contribution < -0.4 is 10.2 Å². The van der Waals surface area contributed by atoms with Crippen LogP contribution >= 0.6 is 0 Å². The average molecular weight is 348 g/mol. The van der Waals surface area contributed by atoms with E-state index in [1.54, 1.807) is 6.07 Å². The maximum Gasteiger partial charge on any atom is 0.303 e. The molecule has 1 aliphatic heterocycles. The molecule has 0 atom stereocenters. The molecule has 0 saturated heterocycles. The second-order valence-corrected chi connectivity index (χ2v) is 6.01. The first kappa shape index (κ1) is 17.5. The van der Waals surface area contributed by atoms with Crippen molar-refractivity contribution in [2.75, 3.05) is 10.2 Å². The Labute approximate surface area is 152 Å². The number of hydrogen-bond donors (Lipinski definition) is 2. The van der Waals surface area contributed by atoms with E-state index in [0.717, 1.165) is 17.7 Å². The number of amides is 1. The summed E-state index contributed by atoms with van der Waals surface area (Å²) in [5.74, 6) is -1.28. The van der Waals surface area contributed by atoms with Crippen LogP contribution in [0, 0.1) is 0 Å². The van der Waals surface area contributed by atoms with E-state index in [1.807, 2.05) is 48.8 Å². The van der Waals surface area contributed by atoms with E-state index in [0.29, 0.717) is 5.69 Å². The number of para-hydroxylation sites is 1. The fraction of sp³-hybridized carbons (Fsp3) is 0.143. The van der Waals surface area contributed by atoms with Gasteiger partial charge in [-0.25, -0.2) is 0 Å². The molecule has 0 radical (unpaired) electrons. The SMILES string of the molecule is O=C(O)CCC(=O)Nc1cccc(/C=C/N2C=CCc3ccccc32)c1. The first-order valence-corrected chi connectivity index (χ1v) is 8.44. The average Bonchev–Trinajstić information content (AvgIpc) is 2.65. The maximum absolute atomic E-state index is 11.8. The van der Waals surface area contributed by atoms with E-state index >= 15 is 0 Å². The highest BCUT2D eigenvalue weighted by Gasteiger charge is 2.09. The summed E-state index contributed by atoms with van der Waals surface area (Å²) in [6.45, 7) is 0. The molecule has 132 valence electrons. The number of benzene rings is 2. The van der Waals surface area contributed by atoms with E-state index in [1.165, 1.54) is 5.56 Å². The molecule has 1 aliphatic rings. The Morgan fingerprint density at radius 3 is 2.81 bits per heavy atom. The van der Waals surface area contributed by atoms with Gasteiger partial charge in [0.05, 0.1) is 6.42 Å². The minimum Gasteiger partial charge on any atom is -0.481 e. The van der Waals surface area contributed by atoms with Gasteiger partial charge in [0, 0.05) is 30.2 Å². The standard InChI is InChI=1S/C21H20N2O3/c24-20(10-11-21(25)26)22-18-8-3-5-16(15-18)12-14-23-13-4-7-17-6-1-2-9-19(17)23/h1-6,8-9,12-15H,7,10-11H2,(H,22,24)(H,25,26)/b14-12+. The molecule has 0 bridgehead atoms. The molecular formula is C21H20N2O3. The van der Waals surface area contributed by atoms with Gasteiger partial charge in [-0.15, -0.1) is 0 Å². The van der Waals surface area contributed by atoms with Gasteiger partial charge in [-0.2, -0.15) is 0 Å². The predicted molar refractivity (Wildman–Crippen MR) is 103 cm³/mol. The zero-order valence-corrected chi connectivity index (χ0v) is 14.3. The van der Waals surface area contributed by atoms with Gasteiger partial charge >= 0.3 is 5.97 Å². The number of nitrogens with zero attached hydrogens (tertiary/aromatic N) is 1. The monoisotopic (exact) mass is 348 g/mol. The molecule has 0 fully saturated rings. The number of rotatable bonds is 6. The number of nitrogens with one attached hydrogen (secondary N) is 1. The third-order valence-electron chi connectivity index (χ3n) is 4.04. The summed E-state index contributed by atoms with van der Waals surface area (Å²) < 4.78 is 0. The number of hydrogen-bond acceptors (Lipinski definition) is 3. The Bertz CT molecular complexity index is 871. The van der Waals surface area contributed by atoms with Crippen LogP contribution in [0.3, 0.4) is 0 Å². The first-order chi connectivity index (χ1) is 12.6. The largest absolute Gasteiger partial charge is 0.481 e. The molecule has 2 aromatic rings. The second kappa shape index (κ2) is 8.16. The Hall–Kier alpha value is -3.34. The van der Waals surface area contributed by atoms with Crippen LogP contribution in [0.25, 0.3) is 6.08 Å². The van der Waals surface area contributed by atoms with Gasteiger partial charge in [0.15, 0.2) is 0 Å². The number of allylic oxidation sites excluding steroid dienone is 1. The highest BCUT2D eigenvalue weighted by Crippen LogP contribution is 2.26. The number of anilines is 2. The zero-order valence-electron chi connectivity index (χ0n) is 14.3. The molecule has 2 N–H and O–H groups in total. The minimum absolute atomic E-state index is 0.0369. The van der Waals surface area contributed by atoms with Crippen molar-refractivity contribution >= 4 is 29.3 Å². The summed E-state index contributed by atoms with van der Waals surface area (Å²) in [6.07, 6.45) is 8.83. The molecule has 5 heteroatoms. The quantitative estimate of drug-likeness (QED) is 0.827. The van der Waals surface area contributed by atoms with Gasteiger partial charge in [0.25, 0.3) is 0 Å². The Morgan fingerprint density at radius 2 is 1.96 bits per heavy atom. The summed E-state index contributed by atoms with van der Waals surface area (Å²) in [4.78, 5) is 24.4. The molecule has 0 spiro atoms. The van der Waals surface area contributed by atoms with Gasteiger partial charge in [-0.3, -0.25) is 9.59 Å². The Balaban J connectivity index is 1.68. The van der Waals surface area contributed by atoms with Crippen LogP contribution in [-0.4, -0.2) is 17.0 Å². The van der Waals surface area contributed by atoms with Gasteiger partial charge in [-0.1, -0.05) is 36.4 Å². The summed E-state index contributed by atoms with van der Waals surface area (Å²) in [5.41, 5.74) is 4.03. The number of aliphatic carboxylic acids is 1. The van der Waals surface area contributed by atoms with Crippen LogP contribution in [0.2, 0.25) is 0 Å². The zero-order chi connectivity index (χ0) is 18.4. The molecule has 0 aliphatic carbocycles. The lowest BCUT2D eigenvalue weighted by Gasteiger charge is -2.22. The first-order valence-electron chi connectivity index (χ1n) is 8.44. The summed E-state index contributed by atoms with van der Waals surface area (Å²) >= 11 is 0. The molecule has 3 rings (SSSR count). The van der Waals surface area contributed by atoms with Crippen molar-refractivity contribution in [1.29, 1.82) is 0 Å². The molecule has 0 aromatic heterocycles. The smallest absolute Gasteiger partial charge is 0.303 e. The molecule has 26 heavy (non-hydrogen) atoms. The molecule has 2 aromatic carbocycles. The van der Waals surface area contributed by atoms with Crippen LogP contribution in [0.1, 0.15) is 24.0 Å². The van der Waals surface area contributed by atoms with Crippen LogP contribution in [0.4, 0.5) is 11.4 Å². The third-order valence-corrected chi connectivity index (χ3v) is 4.04. The van der Waals surface area contributed by atoms with Crippen molar-refractivity contribution in [2.45, 2.75) is 19.3 Å². The Morgan fingerprint density at radius 1 is 1.12 bits per heavy atom. The third kappa shape index (κ3) is 4.60. The van der Waals surface area contributed by atoms with E-state index in [4.69, 9.17) is 5.11 Å². The number of carbonyl (C=O) groups excluding carboxylic acids is 1. The fourth-order valence-corrected chi connectivity index (χ4v) is 2.77.